The fourth-order valence-electron chi connectivity index (χ4n) is 2.71. The number of halogens is 3. The topological polar surface area (TPSA) is 103 Å². The number of rotatable bonds is 4. The summed E-state index contributed by atoms with van der Waals surface area (Å²) in [6.07, 6.45) is -0.0779. The van der Waals surface area contributed by atoms with Crippen LogP contribution in [0, 0.1) is 5.92 Å². The normalized spacial score (nSPS) is 16.6. The summed E-state index contributed by atoms with van der Waals surface area (Å²) in [6.45, 7) is 3.25. The number of carboxylic acids is 1. The molecule has 0 radical (unpaired) electrons. The lowest BCUT2D eigenvalue weighted by molar-refractivity contribution is -0.192. The monoisotopic (exact) mass is 413 g/mol. The fourth-order valence-corrected chi connectivity index (χ4v) is 3.62. The predicted molar refractivity (Wildman–Crippen MR) is 100 cm³/mol. The van der Waals surface area contributed by atoms with Gasteiger partial charge in [-0.3, -0.25) is 5.10 Å². The summed E-state index contributed by atoms with van der Waals surface area (Å²) >= 11 is 1.72. The number of aromatic amines is 1. The number of thiazole rings is 1. The Kier molecular flexibility index (Phi) is 6.15. The molecule has 1 aliphatic heterocycles. The molecule has 3 heterocycles. The zero-order valence-corrected chi connectivity index (χ0v) is 15.4. The molecule has 0 saturated carbocycles. The van der Waals surface area contributed by atoms with E-state index in [1.807, 2.05) is 12.4 Å². The van der Waals surface area contributed by atoms with Crippen LogP contribution in [0.2, 0.25) is 0 Å². The van der Waals surface area contributed by atoms with Crippen molar-refractivity contribution in [2.24, 2.45) is 5.92 Å². The van der Waals surface area contributed by atoms with Gasteiger partial charge >= 0.3 is 12.1 Å². The maximum Gasteiger partial charge on any atom is 0.490 e. The summed E-state index contributed by atoms with van der Waals surface area (Å²) < 4.78 is 32.9. The van der Waals surface area contributed by atoms with Gasteiger partial charge in [-0.05, 0) is 43.1 Å². The van der Waals surface area contributed by atoms with Gasteiger partial charge in [0.25, 0.3) is 0 Å². The number of nitrogens with zero attached hydrogens (tertiary/aromatic N) is 2. The molecule has 1 atom stereocenters. The third kappa shape index (κ3) is 5.20. The smallest absolute Gasteiger partial charge is 0.475 e. The van der Waals surface area contributed by atoms with E-state index in [4.69, 9.17) is 9.90 Å². The number of anilines is 1. The Labute approximate surface area is 162 Å². The molecule has 1 unspecified atom stereocenters. The predicted octanol–water partition coefficient (Wildman–Crippen LogP) is 3.34. The van der Waals surface area contributed by atoms with Crippen LogP contribution in [-0.4, -0.2) is 52.1 Å². The first-order valence-electron chi connectivity index (χ1n) is 8.47. The molecule has 1 saturated heterocycles. The fraction of sp³-hybridized carbons (Fsp3) is 0.353. The number of aromatic nitrogens is 3. The van der Waals surface area contributed by atoms with Gasteiger partial charge in [0.05, 0.1) is 16.4 Å². The first-order chi connectivity index (χ1) is 13.3. The highest BCUT2D eigenvalue weighted by molar-refractivity contribution is 7.22. The van der Waals surface area contributed by atoms with Gasteiger partial charge in [-0.25, -0.2) is 9.78 Å². The van der Waals surface area contributed by atoms with Gasteiger partial charge in [-0.2, -0.15) is 18.3 Å². The second kappa shape index (κ2) is 8.57. The number of carbonyl (C=O) groups is 1. The second-order valence-electron chi connectivity index (χ2n) is 6.23. The maximum absolute atomic E-state index is 10.6. The highest BCUT2D eigenvalue weighted by Crippen LogP contribution is 2.30. The van der Waals surface area contributed by atoms with Gasteiger partial charge in [-0.15, -0.1) is 0 Å². The number of aliphatic carboxylic acids is 1. The molecular formula is C17H18F3N5O2S. The number of H-pyrrole nitrogens is 1. The number of nitrogens with one attached hydrogen (secondary N) is 3. The van der Waals surface area contributed by atoms with Crippen LogP contribution in [0.4, 0.5) is 18.3 Å². The van der Waals surface area contributed by atoms with Crippen molar-refractivity contribution >= 4 is 32.7 Å². The molecule has 0 bridgehead atoms. The number of carboxylic acid groups (broad SMARTS) is 1. The highest BCUT2D eigenvalue weighted by atomic mass is 32.1. The van der Waals surface area contributed by atoms with Crippen LogP contribution in [0.15, 0.2) is 30.6 Å². The van der Waals surface area contributed by atoms with Gasteiger partial charge in [-0.1, -0.05) is 17.4 Å². The number of fused-ring (bicyclic) bond motifs is 1. The molecule has 1 aromatic carbocycles. The molecule has 4 rings (SSSR count). The molecule has 1 fully saturated rings. The van der Waals surface area contributed by atoms with Crippen molar-refractivity contribution in [2.45, 2.75) is 12.6 Å². The van der Waals surface area contributed by atoms with E-state index in [2.05, 4.69) is 44.0 Å². The molecule has 28 heavy (non-hydrogen) atoms. The Morgan fingerprint density at radius 3 is 2.75 bits per heavy atom. The minimum absolute atomic E-state index is 0.721. The molecule has 0 spiro atoms. The molecule has 1 aliphatic rings. The minimum atomic E-state index is -5.08. The van der Waals surface area contributed by atoms with Gasteiger partial charge in [0.15, 0.2) is 5.13 Å². The van der Waals surface area contributed by atoms with Crippen LogP contribution in [0.25, 0.3) is 21.3 Å². The van der Waals surface area contributed by atoms with Crippen LogP contribution in [-0.2, 0) is 4.79 Å². The second-order valence-corrected chi connectivity index (χ2v) is 7.26. The first-order valence-corrected chi connectivity index (χ1v) is 9.29. The van der Waals surface area contributed by atoms with E-state index in [-0.39, 0.29) is 0 Å². The summed E-state index contributed by atoms with van der Waals surface area (Å²) in [5, 5.41) is 21.9. The Balaban J connectivity index is 0.000000279. The molecule has 150 valence electrons. The SMILES string of the molecule is O=C(O)C(F)(F)F.c1cc2nc(NCC3CCNC3)sc2cc1-c1cn[nH]c1. The van der Waals surface area contributed by atoms with E-state index in [0.717, 1.165) is 41.8 Å². The molecule has 11 heteroatoms. The summed E-state index contributed by atoms with van der Waals surface area (Å²) in [5.41, 5.74) is 3.34. The van der Waals surface area contributed by atoms with Crippen molar-refractivity contribution in [3.63, 3.8) is 0 Å². The van der Waals surface area contributed by atoms with Gasteiger partial charge in [0.2, 0.25) is 0 Å². The van der Waals surface area contributed by atoms with E-state index in [9.17, 15) is 13.2 Å². The van der Waals surface area contributed by atoms with Gasteiger partial charge < -0.3 is 15.7 Å². The maximum atomic E-state index is 10.6. The Hall–Kier alpha value is -2.66. The van der Waals surface area contributed by atoms with Crippen molar-refractivity contribution in [3.8, 4) is 11.1 Å². The van der Waals surface area contributed by atoms with Crippen LogP contribution in [0.5, 0.6) is 0 Å². The standard InChI is InChI=1S/C15H17N5S.C2HF3O2/c1-2-13-14(5-11(1)12-8-18-19-9-12)21-15(20-13)17-7-10-3-4-16-6-10;3-2(4,5)1(6)7/h1-2,5,8-10,16H,3-4,6-7H2,(H,17,20)(H,18,19);(H,6,7). The lowest BCUT2D eigenvalue weighted by Gasteiger charge is -2.07. The van der Waals surface area contributed by atoms with Crippen molar-refractivity contribution in [1.29, 1.82) is 0 Å². The number of hydrogen-bond acceptors (Lipinski definition) is 6. The largest absolute Gasteiger partial charge is 0.490 e. The van der Waals surface area contributed by atoms with Crippen molar-refractivity contribution in [1.82, 2.24) is 20.5 Å². The van der Waals surface area contributed by atoms with E-state index in [1.54, 1.807) is 11.3 Å². The van der Waals surface area contributed by atoms with E-state index >= 15 is 0 Å². The Morgan fingerprint density at radius 2 is 2.14 bits per heavy atom. The number of benzene rings is 1. The average molecular weight is 413 g/mol. The van der Waals surface area contributed by atoms with Crippen LogP contribution in [0.1, 0.15) is 6.42 Å². The van der Waals surface area contributed by atoms with Gasteiger partial charge in [0.1, 0.15) is 0 Å². The molecular weight excluding hydrogens is 395 g/mol. The quantitative estimate of drug-likeness (QED) is 0.523. The van der Waals surface area contributed by atoms with E-state index < -0.39 is 12.1 Å². The zero-order valence-electron chi connectivity index (χ0n) is 14.6. The molecule has 3 aromatic rings. The minimum Gasteiger partial charge on any atom is -0.475 e. The third-order valence-corrected chi connectivity index (χ3v) is 5.14. The number of hydrogen-bond donors (Lipinski definition) is 4. The third-order valence-electron chi connectivity index (χ3n) is 4.17. The molecule has 4 N–H and O–H groups in total. The van der Waals surface area contributed by atoms with Crippen LogP contribution >= 0.6 is 11.3 Å². The lowest BCUT2D eigenvalue weighted by atomic mass is 10.1. The highest BCUT2D eigenvalue weighted by Gasteiger charge is 2.38. The van der Waals surface area contributed by atoms with Gasteiger partial charge in [0, 0.05) is 18.3 Å². The Bertz CT molecular complexity index is 921. The van der Waals surface area contributed by atoms with Crippen LogP contribution in [0.3, 0.4) is 0 Å². The van der Waals surface area contributed by atoms with E-state index in [0.29, 0.717) is 0 Å². The van der Waals surface area contributed by atoms with Crippen molar-refractivity contribution < 1.29 is 23.1 Å². The molecule has 2 aromatic heterocycles. The van der Waals surface area contributed by atoms with E-state index in [1.165, 1.54) is 16.7 Å². The number of alkyl halides is 3. The summed E-state index contributed by atoms with van der Waals surface area (Å²) in [7, 11) is 0. The average Bonchev–Trinajstić information content (AvgIpc) is 3.39. The van der Waals surface area contributed by atoms with Crippen molar-refractivity contribution in [2.75, 3.05) is 25.0 Å². The van der Waals surface area contributed by atoms with Crippen LogP contribution < -0.4 is 10.6 Å². The summed E-state index contributed by atoms with van der Waals surface area (Å²) in [4.78, 5) is 13.6. The zero-order chi connectivity index (χ0) is 20.1. The molecule has 0 amide bonds. The van der Waals surface area contributed by atoms with Crippen molar-refractivity contribution in [3.05, 3.63) is 30.6 Å². The Morgan fingerprint density at radius 1 is 1.36 bits per heavy atom. The first kappa shape index (κ1) is 20.1. The summed E-state index contributed by atoms with van der Waals surface area (Å²) in [5.74, 6) is -2.04. The molecule has 7 nitrogen and oxygen atoms in total. The lowest BCUT2D eigenvalue weighted by Crippen LogP contribution is -2.21. The summed E-state index contributed by atoms with van der Waals surface area (Å²) in [6, 6.07) is 6.36. The molecule has 0 aliphatic carbocycles.